The largest absolute Gasteiger partial charge is 0.269 e. The first kappa shape index (κ1) is 14.3. The molecule has 0 aliphatic carbocycles. The van der Waals surface area contributed by atoms with Crippen LogP contribution in [0.1, 0.15) is 25.8 Å². The van der Waals surface area contributed by atoms with Crippen LogP contribution in [0.2, 0.25) is 5.02 Å². The van der Waals surface area contributed by atoms with Crippen molar-refractivity contribution >= 4 is 29.1 Å². The average molecular weight is 274 g/mol. The van der Waals surface area contributed by atoms with Gasteiger partial charge in [0.25, 0.3) is 5.69 Å². The average Bonchev–Trinajstić information content (AvgIpc) is 2.30. The van der Waals surface area contributed by atoms with Crippen molar-refractivity contribution in [3.63, 3.8) is 0 Å². The van der Waals surface area contributed by atoms with E-state index in [4.69, 9.17) is 11.6 Å². The Labute approximate surface area is 111 Å². The van der Waals surface area contributed by atoms with Crippen molar-refractivity contribution in [2.75, 3.05) is 5.75 Å². The maximum absolute atomic E-state index is 10.6. The summed E-state index contributed by atoms with van der Waals surface area (Å²) in [6, 6.07) is 4.59. The van der Waals surface area contributed by atoms with Gasteiger partial charge in [-0.25, -0.2) is 0 Å². The zero-order chi connectivity index (χ0) is 12.8. The molecule has 94 valence electrons. The van der Waals surface area contributed by atoms with Gasteiger partial charge in [0.2, 0.25) is 0 Å². The fourth-order valence-corrected chi connectivity index (χ4v) is 2.75. The van der Waals surface area contributed by atoms with Crippen molar-refractivity contribution in [3.05, 3.63) is 38.9 Å². The van der Waals surface area contributed by atoms with Gasteiger partial charge in [-0.15, -0.1) is 0 Å². The van der Waals surface area contributed by atoms with Crippen LogP contribution in [0.3, 0.4) is 0 Å². The fraction of sp³-hybridized carbons (Fsp3) is 0.500. The van der Waals surface area contributed by atoms with Gasteiger partial charge in [0.1, 0.15) is 0 Å². The summed E-state index contributed by atoms with van der Waals surface area (Å²) in [6.07, 6.45) is 1.15. The van der Waals surface area contributed by atoms with Crippen LogP contribution in [0.5, 0.6) is 0 Å². The van der Waals surface area contributed by atoms with E-state index in [-0.39, 0.29) is 10.6 Å². The van der Waals surface area contributed by atoms with Crippen molar-refractivity contribution < 1.29 is 4.92 Å². The number of hydrogen-bond donors (Lipinski definition) is 0. The second-order valence-corrected chi connectivity index (χ2v) is 5.50. The molecule has 0 amide bonds. The molecule has 5 heteroatoms. The normalized spacial score (nSPS) is 12.4. The van der Waals surface area contributed by atoms with Crippen LogP contribution in [0.15, 0.2) is 18.2 Å². The molecule has 17 heavy (non-hydrogen) atoms. The maximum atomic E-state index is 10.6. The lowest BCUT2D eigenvalue weighted by molar-refractivity contribution is -0.384. The van der Waals surface area contributed by atoms with E-state index in [1.165, 1.54) is 6.07 Å². The topological polar surface area (TPSA) is 43.1 Å². The van der Waals surface area contributed by atoms with Crippen molar-refractivity contribution in [2.45, 2.75) is 26.0 Å². The minimum atomic E-state index is -0.390. The van der Waals surface area contributed by atoms with Gasteiger partial charge < -0.3 is 0 Å². The molecule has 0 radical (unpaired) electrons. The first-order valence-electron chi connectivity index (χ1n) is 5.55. The van der Waals surface area contributed by atoms with E-state index >= 15 is 0 Å². The monoisotopic (exact) mass is 273 g/mol. The van der Waals surface area contributed by atoms with Gasteiger partial charge in [0, 0.05) is 22.9 Å². The Balaban J connectivity index is 2.63. The van der Waals surface area contributed by atoms with E-state index in [0.29, 0.717) is 10.9 Å². The highest BCUT2D eigenvalue weighted by atomic mass is 35.5. The first-order chi connectivity index (χ1) is 8.04. The van der Waals surface area contributed by atoms with Gasteiger partial charge in [-0.05, 0) is 23.3 Å². The molecule has 3 nitrogen and oxygen atoms in total. The van der Waals surface area contributed by atoms with Crippen LogP contribution >= 0.6 is 23.4 Å². The zero-order valence-corrected chi connectivity index (χ0v) is 11.6. The number of benzene rings is 1. The minimum absolute atomic E-state index is 0.105. The molecule has 1 atom stereocenters. The third-order valence-corrected chi connectivity index (χ3v) is 4.29. The van der Waals surface area contributed by atoms with Crippen LogP contribution < -0.4 is 0 Å². The Morgan fingerprint density at radius 2 is 2.24 bits per heavy atom. The van der Waals surface area contributed by atoms with Gasteiger partial charge >= 0.3 is 0 Å². The molecule has 0 saturated carbocycles. The third kappa shape index (κ3) is 4.56. The number of nitro benzene ring substituents is 1. The summed E-state index contributed by atoms with van der Waals surface area (Å²) < 4.78 is 0. The predicted octanol–water partition coefficient (Wildman–Crippen LogP) is 4.53. The van der Waals surface area contributed by atoms with E-state index in [1.54, 1.807) is 23.9 Å². The van der Waals surface area contributed by atoms with Gasteiger partial charge in [0.05, 0.1) is 4.92 Å². The van der Waals surface area contributed by atoms with Crippen LogP contribution in [-0.4, -0.2) is 10.7 Å². The summed E-state index contributed by atoms with van der Waals surface area (Å²) in [5, 5.41) is 11.3. The molecule has 0 N–H and O–H groups in total. The predicted molar refractivity (Wildman–Crippen MR) is 73.7 cm³/mol. The van der Waals surface area contributed by atoms with Gasteiger partial charge in [0.15, 0.2) is 0 Å². The van der Waals surface area contributed by atoms with Crippen molar-refractivity contribution in [1.82, 2.24) is 0 Å². The number of nitrogens with zero attached hydrogens (tertiary/aromatic N) is 1. The second-order valence-electron chi connectivity index (χ2n) is 4.06. The summed E-state index contributed by atoms with van der Waals surface area (Å²) in [4.78, 5) is 10.3. The molecule has 1 aromatic rings. The summed E-state index contributed by atoms with van der Waals surface area (Å²) >= 11 is 7.78. The Morgan fingerprint density at radius 3 is 2.82 bits per heavy atom. The quantitative estimate of drug-likeness (QED) is 0.565. The Bertz CT molecular complexity index is 398. The molecule has 0 saturated heterocycles. The molecule has 0 aromatic heterocycles. The number of rotatable bonds is 6. The van der Waals surface area contributed by atoms with Crippen LogP contribution in [0.4, 0.5) is 5.69 Å². The lowest BCUT2D eigenvalue weighted by atomic mass is 10.2. The molecule has 1 aromatic carbocycles. The van der Waals surface area contributed by atoms with E-state index in [1.807, 2.05) is 0 Å². The molecular weight excluding hydrogens is 258 g/mol. The Hall–Kier alpha value is -0.740. The highest BCUT2D eigenvalue weighted by Crippen LogP contribution is 2.26. The number of non-ortho nitro benzene ring substituents is 1. The number of thioether (sulfide) groups is 1. The lowest BCUT2D eigenvalue weighted by Crippen LogP contribution is -1.96. The Morgan fingerprint density at radius 1 is 1.53 bits per heavy atom. The molecule has 0 spiro atoms. The highest BCUT2D eigenvalue weighted by Gasteiger charge is 2.10. The number of nitro groups is 1. The smallest absolute Gasteiger partial charge is 0.258 e. The van der Waals surface area contributed by atoms with Crippen LogP contribution in [0, 0.1) is 16.0 Å². The molecule has 0 heterocycles. The molecule has 0 aliphatic rings. The summed E-state index contributed by atoms with van der Waals surface area (Å²) in [5.41, 5.74) is 0.947. The minimum Gasteiger partial charge on any atom is -0.258 e. The molecule has 1 rings (SSSR count). The van der Waals surface area contributed by atoms with Gasteiger partial charge in [-0.3, -0.25) is 10.1 Å². The third-order valence-electron chi connectivity index (χ3n) is 2.60. The number of hydrogen-bond acceptors (Lipinski definition) is 3. The summed E-state index contributed by atoms with van der Waals surface area (Å²) in [6.45, 7) is 4.35. The van der Waals surface area contributed by atoms with Crippen molar-refractivity contribution in [3.8, 4) is 0 Å². The standard InChI is InChI=1S/C12H16ClNO2S/c1-3-9(2)7-17-8-10-6-11(14(15)16)4-5-12(10)13/h4-6,9H,3,7-8H2,1-2H3. The van der Waals surface area contributed by atoms with Gasteiger partial charge in [-0.2, -0.15) is 11.8 Å². The molecule has 1 unspecified atom stereocenters. The lowest BCUT2D eigenvalue weighted by Gasteiger charge is -2.08. The van der Waals surface area contributed by atoms with E-state index in [9.17, 15) is 10.1 Å². The van der Waals surface area contributed by atoms with Crippen molar-refractivity contribution in [1.29, 1.82) is 0 Å². The fourth-order valence-electron chi connectivity index (χ4n) is 1.27. The maximum Gasteiger partial charge on any atom is 0.269 e. The highest BCUT2D eigenvalue weighted by molar-refractivity contribution is 7.98. The van der Waals surface area contributed by atoms with Crippen LogP contribution in [-0.2, 0) is 5.75 Å². The summed E-state index contributed by atoms with van der Waals surface area (Å²) in [7, 11) is 0. The van der Waals surface area contributed by atoms with E-state index in [0.717, 1.165) is 23.5 Å². The summed E-state index contributed by atoms with van der Waals surface area (Å²) in [5.74, 6) is 2.44. The first-order valence-corrected chi connectivity index (χ1v) is 7.08. The second kappa shape index (κ2) is 6.87. The van der Waals surface area contributed by atoms with Gasteiger partial charge in [-0.1, -0.05) is 31.9 Å². The Kier molecular flexibility index (Phi) is 5.78. The molecule has 0 bridgehead atoms. The van der Waals surface area contributed by atoms with Crippen molar-refractivity contribution in [2.24, 2.45) is 5.92 Å². The van der Waals surface area contributed by atoms with E-state index < -0.39 is 0 Å². The molecule has 0 aliphatic heterocycles. The van der Waals surface area contributed by atoms with E-state index in [2.05, 4.69) is 13.8 Å². The van der Waals surface area contributed by atoms with Crippen LogP contribution in [0.25, 0.3) is 0 Å². The molecule has 0 fully saturated rings. The number of halogens is 1. The zero-order valence-electron chi connectivity index (χ0n) is 9.98. The molecular formula is C12H16ClNO2S. The SMILES string of the molecule is CCC(C)CSCc1cc([N+](=O)[O-])ccc1Cl.